The predicted molar refractivity (Wildman–Crippen MR) is 91.4 cm³/mol. The molecule has 0 radical (unpaired) electrons. The van der Waals surface area contributed by atoms with Crippen molar-refractivity contribution in [3.63, 3.8) is 0 Å². The number of benzene rings is 2. The van der Waals surface area contributed by atoms with Crippen LogP contribution < -0.4 is 5.32 Å². The number of nitrogens with zero attached hydrogens (tertiary/aromatic N) is 2. The van der Waals surface area contributed by atoms with Gasteiger partial charge in [0.1, 0.15) is 10.8 Å². The monoisotopic (exact) mass is 365 g/mol. The molecule has 1 heterocycles. The quantitative estimate of drug-likeness (QED) is 0.717. The molecule has 1 aromatic heterocycles. The average Bonchev–Trinajstić information content (AvgIpc) is 2.99. The normalized spacial score (nSPS) is 10.5. The van der Waals surface area contributed by atoms with E-state index >= 15 is 0 Å². The fourth-order valence-corrected chi connectivity index (χ4v) is 2.88. The highest BCUT2D eigenvalue weighted by molar-refractivity contribution is 7.18. The number of carbonyl (C=O) groups excluding carboxylic acids is 1. The summed E-state index contributed by atoms with van der Waals surface area (Å²) in [5.41, 5.74) is 0.916. The van der Waals surface area contributed by atoms with Crippen molar-refractivity contribution in [2.45, 2.75) is 0 Å². The molecule has 0 unspecified atom stereocenters. The molecule has 5 nitrogen and oxygen atoms in total. The topological polar surface area (TPSA) is 75.1 Å². The van der Waals surface area contributed by atoms with E-state index in [2.05, 4.69) is 15.5 Å². The van der Waals surface area contributed by atoms with Gasteiger partial charge in [-0.3, -0.25) is 10.1 Å². The molecule has 0 aliphatic heterocycles. The SMILES string of the molecule is O=C(Nc1nnc(-c2ccc(Cl)cc2)s1)c1cc(Cl)ccc1O. The standard InChI is InChI=1S/C15H9Cl2N3O2S/c16-9-3-1-8(2-4-9)14-19-20-15(23-14)18-13(22)11-7-10(17)5-6-12(11)21/h1-7,21H,(H,18,20,22). The second-order valence-electron chi connectivity index (χ2n) is 4.53. The summed E-state index contributed by atoms with van der Waals surface area (Å²) in [6, 6.07) is 11.4. The van der Waals surface area contributed by atoms with Crippen molar-refractivity contribution in [3.8, 4) is 16.3 Å². The van der Waals surface area contributed by atoms with Gasteiger partial charge in [-0.05, 0) is 30.3 Å². The van der Waals surface area contributed by atoms with Gasteiger partial charge >= 0.3 is 0 Å². The van der Waals surface area contributed by atoms with E-state index in [-0.39, 0.29) is 11.3 Å². The number of phenolic OH excluding ortho intramolecular Hbond substituents is 1. The number of aromatic nitrogens is 2. The van der Waals surface area contributed by atoms with Gasteiger partial charge in [0.25, 0.3) is 5.91 Å². The summed E-state index contributed by atoms with van der Waals surface area (Å²) >= 11 is 12.9. The van der Waals surface area contributed by atoms with Crippen molar-refractivity contribution in [1.29, 1.82) is 0 Å². The maximum absolute atomic E-state index is 12.2. The van der Waals surface area contributed by atoms with Gasteiger partial charge in [0, 0.05) is 15.6 Å². The summed E-state index contributed by atoms with van der Waals surface area (Å²) in [5, 5.41) is 22.2. The number of hydrogen-bond acceptors (Lipinski definition) is 5. The zero-order chi connectivity index (χ0) is 16.4. The fourth-order valence-electron chi connectivity index (χ4n) is 1.84. The van der Waals surface area contributed by atoms with Crippen molar-refractivity contribution in [3.05, 3.63) is 58.1 Å². The Morgan fingerprint density at radius 3 is 2.48 bits per heavy atom. The maximum atomic E-state index is 12.2. The third-order valence-electron chi connectivity index (χ3n) is 2.94. The van der Waals surface area contributed by atoms with E-state index in [1.165, 1.54) is 29.5 Å². The Morgan fingerprint density at radius 2 is 1.74 bits per heavy atom. The lowest BCUT2D eigenvalue weighted by atomic mass is 10.2. The maximum Gasteiger partial charge on any atom is 0.261 e. The van der Waals surface area contributed by atoms with Crippen LogP contribution in [0.25, 0.3) is 10.6 Å². The molecule has 0 atom stereocenters. The van der Waals surface area contributed by atoms with E-state index < -0.39 is 5.91 Å². The van der Waals surface area contributed by atoms with Crippen molar-refractivity contribution in [2.24, 2.45) is 0 Å². The number of halogens is 2. The Bertz CT molecular complexity index is 865. The first-order chi connectivity index (χ1) is 11.0. The molecule has 116 valence electrons. The molecule has 0 bridgehead atoms. The van der Waals surface area contributed by atoms with E-state index in [0.29, 0.717) is 20.2 Å². The third-order valence-corrected chi connectivity index (χ3v) is 4.31. The number of nitrogens with one attached hydrogen (secondary N) is 1. The second-order valence-corrected chi connectivity index (χ2v) is 6.39. The third kappa shape index (κ3) is 3.61. The van der Waals surface area contributed by atoms with Crippen LogP contribution >= 0.6 is 34.5 Å². The van der Waals surface area contributed by atoms with Gasteiger partial charge in [0.2, 0.25) is 5.13 Å². The van der Waals surface area contributed by atoms with Crippen LogP contribution in [0.3, 0.4) is 0 Å². The smallest absolute Gasteiger partial charge is 0.261 e. The molecule has 8 heteroatoms. The molecule has 0 saturated carbocycles. The van der Waals surface area contributed by atoms with Crippen LogP contribution in [-0.2, 0) is 0 Å². The first-order valence-corrected chi connectivity index (χ1v) is 7.99. The molecule has 2 N–H and O–H groups in total. The largest absolute Gasteiger partial charge is 0.507 e. The highest BCUT2D eigenvalue weighted by Gasteiger charge is 2.15. The van der Waals surface area contributed by atoms with Gasteiger partial charge in [-0.15, -0.1) is 10.2 Å². The number of hydrogen-bond donors (Lipinski definition) is 2. The highest BCUT2D eigenvalue weighted by Crippen LogP contribution is 2.28. The first kappa shape index (κ1) is 15.7. The summed E-state index contributed by atoms with van der Waals surface area (Å²) in [5.74, 6) is -0.668. The van der Waals surface area contributed by atoms with Crippen molar-refractivity contribution < 1.29 is 9.90 Å². The van der Waals surface area contributed by atoms with E-state index in [4.69, 9.17) is 23.2 Å². The lowest BCUT2D eigenvalue weighted by Crippen LogP contribution is -2.11. The zero-order valence-corrected chi connectivity index (χ0v) is 13.8. The Morgan fingerprint density at radius 1 is 1.04 bits per heavy atom. The Balaban J connectivity index is 1.80. The molecule has 3 rings (SSSR count). The highest BCUT2D eigenvalue weighted by atomic mass is 35.5. The second kappa shape index (κ2) is 6.54. The molecule has 23 heavy (non-hydrogen) atoms. The predicted octanol–water partition coefficient (Wildman–Crippen LogP) is 4.47. The summed E-state index contributed by atoms with van der Waals surface area (Å²) in [4.78, 5) is 12.2. The molecule has 0 fully saturated rings. The van der Waals surface area contributed by atoms with Gasteiger partial charge in [-0.2, -0.15) is 0 Å². The number of amides is 1. The van der Waals surface area contributed by atoms with E-state index in [1.54, 1.807) is 12.1 Å². The fraction of sp³-hybridized carbons (Fsp3) is 0. The van der Waals surface area contributed by atoms with Crippen LogP contribution in [-0.4, -0.2) is 21.2 Å². The molecule has 0 spiro atoms. The summed E-state index contributed by atoms with van der Waals surface area (Å²) < 4.78 is 0. The summed E-state index contributed by atoms with van der Waals surface area (Å²) in [7, 11) is 0. The molecular weight excluding hydrogens is 357 g/mol. The number of anilines is 1. The van der Waals surface area contributed by atoms with Gasteiger partial charge < -0.3 is 5.11 Å². The molecule has 1 amide bonds. The number of phenols is 1. The average molecular weight is 366 g/mol. The number of rotatable bonds is 3. The first-order valence-electron chi connectivity index (χ1n) is 6.42. The van der Waals surface area contributed by atoms with Crippen LogP contribution in [0.15, 0.2) is 42.5 Å². The summed E-state index contributed by atoms with van der Waals surface area (Å²) in [6.45, 7) is 0. The van der Waals surface area contributed by atoms with Crippen LogP contribution in [0.1, 0.15) is 10.4 Å². The molecular formula is C15H9Cl2N3O2S. The number of aromatic hydroxyl groups is 1. The minimum absolute atomic E-state index is 0.0701. The van der Waals surface area contributed by atoms with Crippen molar-refractivity contribution in [1.82, 2.24) is 10.2 Å². The Labute approximate surface area is 145 Å². The van der Waals surface area contributed by atoms with Gasteiger partial charge in [0.15, 0.2) is 0 Å². The lowest BCUT2D eigenvalue weighted by molar-refractivity contribution is 0.102. The summed E-state index contributed by atoms with van der Waals surface area (Å²) in [6.07, 6.45) is 0. The van der Waals surface area contributed by atoms with Crippen LogP contribution in [0.5, 0.6) is 5.75 Å². The van der Waals surface area contributed by atoms with Crippen molar-refractivity contribution >= 4 is 45.6 Å². The van der Waals surface area contributed by atoms with Crippen LogP contribution in [0.4, 0.5) is 5.13 Å². The van der Waals surface area contributed by atoms with Gasteiger partial charge in [-0.25, -0.2) is 0 Å². The molecule has 2 aromatic carbocycles. The molecule has 0 saturated heterocycles. The lowest BCUT2D eigenvalue weighted by Gasteiger charge is -2.04. The van der Waals surface area contributed by atoms with E-state index in [0.717, 1.165) is 5.56 Å². The van der Waals surface area contributed by atoms with E-state index in [9.17, 15) is 9.90 Å². The van der Waals surface area contributed by atoms with Crippen LogP contribution in [0.2, 0.25) is 10.0 Å². The minimum atomic E-state index is -0.510. The van der Waals surface area contributed by atoms with Crippen LogP contribution in [0, 0.1) is 0 Å². The molecule has 0 aliphatic carbocycles. The van der Waals surface area contributed by atoms with E-state index in [1.807, 2.05) is 12.1 Å². The minimum Gasteiger partial charge on any atom is -0.507 e. The Hall–Kier alpha value is -2.15. The van der Waals surface area contributed by atoms with Gasteiger partial charge in [-0.1, -0.05) is 46.7 Å². The molecule has 0 aliphatic rings. The van der Waals surface area contributed by atoms with Gasteiger partial charge in [0.05, 0.1) is 5.56 Å². The molecule has 3 aromatic rings. The Kier molecular flexibility index (Phi) is 4.47. The zero-order valence-electron chi connectivity index (χ0n) is 11.5. The number of carbonyl (C=O) groups is 1. The van der Waals surface area contributed by atoms with Crippen molar-refractivity contribution in [2.75, 3.05) is 5.32 Å².